The van der Waals surface area contributed by atoms with Crippen LogP contribution in [0.1, 0.15) is 19.8 Å². The van der Waals surface area contributed by atoms with Crippen molar-refractivity contribution in [1.82, 2.24) is 10.6 Å². The molecule has 0 aromatic heterocycles. The standard InChI is InChI=1S/C14H19BrN2O2/c1-10(19-13-7-3-2-6-12(13)15)14(18)17-11-5-4-8-16-9-11/h2-3,6-7,10-11,16H,4-5,8-9H2,1H3,(H,17,18). The Morgan fingerprint density at radius 1 is 1.53 bits per heavy atom. The van der Waals surface area contributed by atoms with Crippen LogP contribution in [-0.2, 0) is 4.79 Å². The third-order valence-electron chi connectivity index (χ3n) is 3.15. The highest BCUT2D eigenvalue weighted by atomic mass is 79.9. The molecular weight excluding hydrogens is 308 g/mol. The number of carbonyl (C=O) groups excluding carboxylic acids is 1. The van der Waals surface area contributed by atoms with E-state index in [-0.39, 0.29) is 11.9 Å². The number of nitrogens with one attached hydrogen (secondary N) is 2. The topological polar surface area (TPSA) is 50.4 Å². The first-order chi connectivity index (χ1) is 9.16. The Labute approximate surface area is 122 Å². The van der Waals surface area contributed by atoms with E-state index in [1.54, 1.807) is 6.92 Å². The van der Waals surface area contributed by atoms with E-state index in [4.69, 9.17) is 4.74 Å². The van der Waals surface area contributed by atoms with Gasteiger partial charge in [-0.1, -0.05) is 12.1 Å². The summed E-state index contributed by atoms with van der Waals surface area (Å²) in [7, 11) is 0. The third-order valence-corrected chi connectivity index (χ3v) is 3.81. The zero-order valence-electron chi connectivity index (χ0n) is 11.0. The van der Waals surface area contributed by atoms with Gasteiger partial charge >= 0.3 is 0 Å². The zero-order chi connectivity index (χ0) is 13.7. The van der Waals surface area contributed by atoms with Gasteiger partial charge in [-0.2, -0.15) is 0 Å². The second-order valence-electron chi connectivity index (χ2n) is 4.74. The molecule has 1 aliphatic rings. The highest BCUT2D eigenvalue weighted by molar-refractivity contribution is 9.10. The fourth-order valence-corrected chi connectivity index (χ4v) is 2.46. The number of carbonyl (C=O) groups is 1. The van der Waals surface area contributed by atoms with E-state index in [0.29, 0.717) is 5.75 Å². The van der Waals surface area contributed by atoms with E-state index >= 15 is 0 Å². The number of piperidine rings is 1. The number of amides is 1. The van der Waals surface area contributed by atoms with Gasteiger partial charge in [-0.05, 0) is 54.4 Å². The Bertz CT molecular complexity index is 433. The highest BCUT2D eigenvalue weighted by Gasteiger charge is 2.20. The maximum atomic E-state index is 12.0. The normalized spacial score (nSPS) is 20.6. The quantitative estimate of drug-likeness (QED) is 0.890. The average molecular weight is 327 g/mol. The number of benzene rings is 1. The summed E-state index contributed by atoms with van der Waals surface area (Å²) in [6.45, 7) is 3.65. The van der Waals surface area contributed by atoms with Crippen LogP contribution < -0.4 is 15.4 Å². The fraction of sp³-hybridized carbons (Fsp3) is 0.500. The van der Waals surface area contributed by atoms with E-state index in [1.165, 1.54) is 0 Å². The van der Waals surface area contributed by atoms with Crippen molar-refractivity contribution in [3.8, 4) is 5.75 Å². The van der Waals surface area contributed by atoms with Gasteiger partial charge in [0.25, 0.3) is 5.91 Å². The van der Waals surface area contributed by atoms with Crippen molar-refractivity contribution in [2.45, 2.75) is 31.9 Å². The molecule has 1 heterocycles. The lowest BCUT2D eigenvalue weighted by atomic mass is 10.1. The Balaban J connectivity index is 1.87. The first kappa shape index (κ1) is 14.3. The summed E-state index contributed by atoms with van der Waals surface area (Å²) in [4.78, 5) is 12.0. The molecular formula is C14H19BrN2O2. The fourth-order valence-electron chi connectivity index (χ4n) is 2.08. The summed E-state index contributed by atoms with van der Waals surface area (Å²) in [5.41, 5.74) is 0. The summed E-state index contributed by atoms with van der Waals surface area (Å²) < 4.78 is 6.52. The minimum atomic E-state index is -0.499. The summed E-state index contributed by atoms with van der Waals surface area (Å²) in [5.74, 6) is 0.622. The maximum Gasteiger partial charge on any atom is 0.261 e. The molecule has 1 amide bonds. The van der Waals surface area contributed by atoms with Crippen molar-refractivity contribution in [1.29, 1.82) is 0 Å². The molecule has 1 fully saturated rings. The largest absolute Gasteiger partial charge is 0.480 e. The van der Waals surface area contributed by atoms with Gasteiger partial charge < -0.3 is 15.4 Å². The Hall–Kier alpha value is -1.07. The van der Waals surface area contributed by atoms with E-state index in [2.05, 4.69) is 26.6 Å². The van der Waals surface area contributed by atoms with Crippen molar-refractivity contribution in [3.05, 3.63) is 28.7 Å². The van der Waals surface area contributed by atoms with Crippen LogP contribution >= 0.6 is 15.9 Å². The molecule has 5 heteroatoms. The van der Waals surface area contributed by atoms with E-state index in [0.717, 1.165) is 30.4 Å². The number of hydrogen-bond acceptors (Lipinski definition) is 3. The van der Waals surface area contributed by atoms with Gasteiger partial charge in [0.05, 0.1) is 4.47 Å². The van der Waals surface area contributed by atoms with Crippen LogP contribution in [0.15, 0.2) is 28.7 Å². The monoisotopic (exact) mass is 326 g/mol. The number of ether oxygens (including phenoxy) is 1. The predicted octanol–water partition coefficient (Wildman–Crippen LogP) is 2.08. The lowest BCUT2D eigenvalue weighted by Gasteiger charge is -2.25. The molecule has 1 aromatic rings. The molecule has 0 aliphatic carbocycles. The molecule has 0 saturated carbocycles. The Kier molecular flexibility index (Phi) is 5.22. The summed E-state index contributed by atoms with van der Waals surface area (Å²) in [5, 5.41) is 6.29. The number of halogens is 1. The van der Waals surface area contributed by atoms with Crippen molar-refractivity contribution in [2.24, 2.45) is 0 Å². The van der Waals surface area contributed by atoms with Gasteiger partial charge in [0, 0.05) is 12.6 Å². The lowest BCUT2D eigenvalue weighted by Crippen LogP contribution is -2.49. The van der Waals surface area contributed by atoms with Crippen molar-refractivity contribution in [2.75, 3.05) is 13.1 Å². The first-order valence-corrected chi connectivity index (χ1v) is 7.38. The van der Waals surface area contributed by atoms with Crippen molar-refractivity contribution < 1.29 is 9.53 Å². The average Bonchev–Trinajstić information content (AvgIpc) is 2.42. The molecule has 2 rings (SSSR count). The molecule has 2 atom stereocenters. The van der Waals surface area contributed by atoms with Crippen LogP contribution in [0.25, 0.3) is 0 Å². The highest BCUT2D eigenvalue weighted by Crippen LogP contribution is 2.24. The minimum Gasteiger partial charge on any atom is -0.480 e. The maximum absolute atomic E-state index is 12.0. The number of rotatable bonds is 4. The number of hydrogen-bond donors (Lipinski definition) is 2. The summed E-state index contributed by atoms with van der Waals surface area (Å²) >= 11 is 3.41. The van der Waals surface area contributed by atoms with E-state index in [1.807, 2.05) is 24.3 Å². The molecule has 2 N–H and O–H groups in total. The second-order valence-corrected chi connectivity index (χ2v) is 5.60. The summed E-state index contributed by atoms with van der Waals surface area (Å²) in [6, 6.07) is 7.75. The molecule has 0 radical (unpaired) electrons. The first-order valence-electron chi connectivity index (χ1n) is 6.59. The zero-order valence-corrected chi connectivity index (χ0v) is 12.6. The van der Waals surface area contributed by atoms with Crippen molar-refractivity contribution in [3.63, 3.8) is 0 Å². The molecule has 104 valence electrons. The minimum absolute atomic E-state index is 0.0653. The van der Waals surface area contributed by atoms with Crippen LogP contribution in [0.3, 0.4) is 0 Å². The van der Waals surface area contributed by atoms with Gasteiger partial charge in [0.2, 0.25) is 0 Å². The van der Waals surface area contributed by atoms with Crippen LogP contribution in [0.2, 0.25) is 0 Å². The van der Waals surface area contributed by atoms with E-state index in [9.17, 15) is 4.79 Å². The molecule has 0 spiro atoms. The van der Waals surface area contributed by atoms with Gasteiger partial charge in [0.1, 0.15) is 5.75 Å². The van der Waals surface area contributed by atoms with Crippen LogP contribution in [0, 0.1) is 0 Å². The molecule has 1 aliphatic heterocycles. The molecule has 2 unspecified atom stereocenters. The number of para-hydroxylation sites is 1. The molecule has 0 bridgehead atoms. The van der Waals surface area contributed by atoms with Crippen LogP contribution in [-0.4, -0.2) is 31.1 Å². The molecule has 19 heavy (non-hydrogen) atoms. The van der Waals surface area contributed by atoms with Gasteiger partial charge in [-0.15, -0.1) is 0 Å². The van der Waals surface area contributed by atoms with Crippen LogP contribution in [0.5, 0.6) is 5.75 Å². The summed E-state index contributed by atoms with van der Waals surface area (Å²) in [6.07, 6.45) is 1.63. The van der Waals surface area contributed by atoms with Crippen molar-refractivity contribution >= 4 is 21.8 Å². The molecule has 4 nitrogen and oxygen atoms in total. The Morgan fingerprint density at radius 3 is 3.00 bits per heavy atom. The predicted molar refractivity (Wildman–Crippen MR) is 78.3 cm³/mol. The second kappa shape index (κ2) is 6.91. The van der Waals surface area contributed by atoms with Gasteiger partial charge in [-0.3, -0.25) is 4.79 Å². The third kappa shape index (κ3) is 4.21. The smallest absolute Gasteiger partial charge is 0.261 e. The van der Waals surface area contributed by atoms with Gasteiger partial charge in [-0.25, -0.2) is 0 Å². The van der Waals surface area contributed by atoms with Gasteiger partial charge in [0.15, 0.2) is 6.10 Å². The SMILES string of the molecule is CC(Oc1ccccc1Br)C(=O)NC1CCCNC1. The molecule has 1 aromatic carbocycles. The lowest BCUT2D eigenvalue weighted by molar-refractivity contribution is -0.128. The molecule has 1 saturated heterocycles. The van der Waals surface area contributed by atoms with Crippen LogP contribution in [0.4, 0.5) is 0 Å². The van der Waals surface area contributed by atoms with E-state index < -0.39 is 6.10 Å². The Morgan fingerprint density at radius 2 is 2.32 bits per heavy atom.